The van der Waals surface area contributed by atoms with Crippen molar-refractivity contribution in [2.24, 2.45) is 5.92 Å². The lowest BCUT2D eigenvalue weighted by Gasteiger charge is -2.31. The van der Waals surface area contributed by atoms with Crippen LogP contribution >= 0.6 is 15.6 Å². The topological polar surface area (TPSA) is 225 Å². The van der Waals surface area contributed by atoms with Crippen molar-refractivity contribution in [1.82, 2.24) is 19.3 Å². The predicted octanol–water partition coefficient (Wildman–Crippen LogP) is 4.57. The minimum absolute atomic E-state index is 0.0945. The molecule has 55 heavy (non-hydrogen) atoms. The number of aromatic nitrogens is 3. The fourth-order valence-electron chi connectivity index (χ4n) is 5.70. The Labute approximate surface area is 316 Å². The van der Waals surface area contributed by atoms with Gasteiger partial charge in [0.25, 0.3) is 0 Å². The van der Waals surface area contributed by atoms with Crippen molar-refractivity contribution in [2.45, 2.75) is 76.9 Å². The second kappa shape index (κ2) is 18.4. The fraction of sp³-hybridized carbons (Fsp3) is 0.457. The highest BCUT2D eigenvalue weighted by Crippen LogP contribution is 2.49. The summed E-state index contributed by atoms with van der Waals surface area (Å²) in [7, 11) is -9.06. The van der Waals surface area contributed by atoms with Crippen LogP contribution in [0.1, 0.15) is 51.0 Å². The molecule has 4 aromatic rings. The third-order valence-corrected chi connectivity index (χ3v) is 11.7. The van der Waals surface area contributed by atoms with Crippen molar-refractivity contribution < 1.29 is 61.0 Å². The number of aliphatic hydroxyl groups is 2. The number of aliphatic hydroxyl groups excluding tert-OH is 2. The van der Waals surface area contributed by atoms with E-state index in [0.717, 1.165) is 23.7 Å². The number of alkyl halides is 1. The van der Waals surface area contributed by atoms with E-state index in [9.17, 15) is 33.4 Å². The van der Waals surface area contributed by atoms with E-state index in [1.807, 2.05) is 13.8 Å². The number of phosphoric ester groups is 1. The quantitative estimate of drug-likeness (QED) is 0.0610. The van der Waals surface area contributed by atoms with Crippen LogP contribution in [-0.4, -0.2) is 79.0 Å². The summed E-state index contributed by atoms with van der Waals surface area (Å²) >= 11 is 0. The maximum atomic E-state index is 15.0. The molecular weight excluding hydrogens is 763 g/mol. The first-order valence-corrected chi connectivity index (χ1v) is 20.6. The van der Waals surface area contributed by atoms with Gasteiger partial charge in [-0.05, 0) is 42.7 Å². The van der Waals surface area contributed by atoms with Crippen LogP contribution in [0, 0.1) is 11.3 Å². The molecule has 0 bridgehead atoms. The molecule has 0 aliphatic carbocycles. The van der Waals surface area contributed by atoms with Gasteiger partial charge in [-0.15, -0.1) is 0 Å². The number of nitrogens with one attached hydrogen (secondary N) is 2. The van der Waals surface area contributed by atoms with Gasteiger partial charge in [0.1, 0.15) is 61.0 Å². The van der Waals surface area contributed by atoms with Gasteiger partial charge in [-0.2, -0.15) is 10.2 Å². The van der Waals surface area contributed by atoms with Crippen molar-refractivity contribution in [3.8, 4) is 5.75 Å². The second-order valence-corrected chi connectivity index (χ2v) is 16.1. The number of benzene rings is 2. The standard InChI is InChI=1S/C35H46FN5O12P2/c1-4-25(5-2)18-48-34(44)24(3)39-54(45,53-27-14-10-7-11-15-27)50-21-35(20-36)32(43)30(42)31(52-35)28-16-17-29-33(37)40(22-38-41(28)29)23-51-55(46,47)49-19-26-12-8-6-9-13-26/h6-17,22,24-25,30-32,37,42-43H,4-5,18-21,23H2,1-3H3,(H,39,45)(H,46,47)/t24-,30-,31-,32-,35+,54?/m0/s1. The molecular formula is C35H46FN5O12P2. The average molecular weight is 810 g/mol. The smallest absolute Gasteiger partial charge is 0.464 e. The average Bonchev–Trinajstić information content (AvgIpc) is 3.72. The molecule has 2 unspecified atom stereocenters. The molecule has 1 aliphatic heterocycles. The summed E-state index contributed by atoms with van der Waals surface area (Å²) in [6.45, 7) is 2.41. The van der Waals surface area contributed by atoms with Gasteiger partial charge in [-0.1, -0.05) is 75.2 Å². The molecule has 2 aromatic carbocycles. The summed E-state index contributed by atoms with van der Waals surface area (Å²) in [5.74, 6) is -0.495. The van der Waals surface area contributed by atoms with Crippen molar-refractivity contribution in [1.29, 1.82) is 5.41 Å². The lowest BCUT2D eigenvalue weighted by atomic mass is 9.96. The Balaban J connectivity index is 1.30. The molecule has 0 saturated carbocycles. The lowest BCUT2D eigenvalue weighted by Crippen LogP contribution is -2.49. The Hall–Kier alpha value is -3.80. The highest BCUT2D eigenvalue weighted by Gasteiger charge is 2.57. The predicted molar refractivity (Wildman–Crippen MR) is 194 cm³/mol. The molecule has 1 fully saturated rings. The van der Waals surface area contributed by atoms with E-state index in [1.54, 1.807) is 48.5 Å². The highest BCUT2D eigenvalue weighted by atomic mass is 31.2. The highest BCUT2D eigenvalue weighted by molar-refractivity contribution is 7.52. The number of carbonyl (C=O) groups excluding carboxylic acids is 1. The van der Waals surface area contributed by atoms with Crippen molar-refractivity contribution >= 4 is 27.1 Å². The maximum absolute atomic E-state index is 15.0. The molecule has 300 valence electrons. The third-order valence-electron chi connectivity index (χ3n) is 9.14. The number of hydrogen-bond acceptors (Lipinski definition) is 13. The van der Waals surface area contributed by atoms with E-state index in [4.69, 9.17) is 33.0 Å². The van der Waals surface area contributed by atoms with Gasteiger partial charge in [0.05, 0.1) is 25.5 Å². The third kappa shape index (κ3) is 10.3. The summed E-state index contributed by atoms with van der Waals surface area (Å²) in [4.78, 5) is 23.0. The summed E-state index contributed by atoms with van der Waals surface area (Å²) in [6, 6.07) is 18.3. The van der Waals surface area contributed by atoms with Gasteiger partial charge < -0.3 is 29.1 Å². The molecule has 0 spiro atoms. The second-order valence-electron chi connectivity index (χ2n) is 13.0. The number of rotatable bonds is 20. The number of para-hydroxylation sites is 1. The van der Waals surface area contributed by atoms with Gasteiger partial charge in [-0.3, -0.25) is 28.3 Å². The largest absolute Gasteiger partial charge is 0.474 e. The van der Waals surface area contributed by atoms with E-state index in [1.165, 1.54) is 35.7 Å². The molecule has 3 heterocycles. The van der Waals surface area contributed by atoms with E-state index in [-0.39, 0.29) is 41.6 Å². The van der Waals surface area contributed by atoms with Crippen LogP contribution in [0.25, 0.3) is 5.52 Å². The monoisotopic (exact) mass is 809 g/mol. The van der Waals surface area contributed by atoms with Crippen molar-refractivity contribution in [3.05, 3.63) is 95.9 Å². The molecule has 20 heteroatoms. The molecule has 2 aromatic heterocycles. The van der Waals surface area contributed by atoms with Crippen LogP contribution in [0.2, 0.25) is 0 Å². The Morgan fingerprint density at radius 1 is 1.04 bits per heavy atom. The molecule has 7 atom stereocenters. The van der Waals surface area contributed by atoms with Crippen LogP contribution in [0.4, 0.5) is 4.39 Å². The summed E-state index contributed by atoms with van der Waals surface area (Å²) in [5.41, 5.74) is -1.62. The van der Waals surface area contributed by atoms with Crippen LogP contribution in [0.5, 0.6) is 5.75 Å². The van der Waals surface area contributed by atoms with Gasteiger partial charge in [0, 0.05) is 0 Å². The minimum atomic E-state index is -4.53. The van der Waals surface area contributed by atoms with Crippen LogP contribution in [0.15, 0.2) is 79.1 Å². The number of fused-ring (bicyclic) bond motifs is 1. The summed E-state index contributed by atoms with van der Waals surface area (Å²) in [5, 5.41) is 37.7. The number of hydrogen-bond donors (Lipinski definition) is 5. The van der Waals surface area contributed by atoms with Crippen LogP contribution < -0.4 is 15.1 Å². The zero-order valence-electron chi connectivity index (χ0n) is 30.5. The van der Waals surface area contributed by atoms with Gasteiger partial charge in [0.2, 0.25) is 0 Å². The van der Waals surface area contributed by atoms with E-state index < -0.39 is 71.5 Å². The normalized spacial score (nSPS) is 22.7. The van der Waals surface area contributed by atoms with Gasteiger partial charge in [-0.25, -0.2) is 18.0 Å². The Morgan fingerprint density at radius 2 is 1.71 bits per heavy atom. The number of nitrogens with zero attached hydrogens (tertiary/aromatic N) is 3. The lowest BCUT2D eigenvalue weighted by molar-refractivity contribution is -0.146. The van der Waals surface area contributed by atoms with Crippen LogP contribution in [-0.2, 0) is 50.3 Å². The number of carbonyl (C=O) groups is 1. The van der Waals surface area contributed by atoms with Gasteiger partial charge in [0.15, 0.2) is 5.49 Å². The molecule has 17 nitrogen and oxygen atoms in total. The molecule has 0 radical (unpaired) electrons. The van der Waals surface area contributed by atoms with Gasteiger partial charge >= 0.3 is 21.5 Å². The Kier molecular flexibility index (Phi) is 14.2. The molecule has 0 amide bonds. The zero-order chi connectivity index (χ0) is 39.8. The summed E-state index contributed by atoms with van der Waals surface area (Å²) < 4.78 is 76.7. The van der Waals surface area contributed by atoms with E-state index in [2.05, 4.69) is 10.2 Å². The minimum Gasteiger partial charge on any atom is -0.464 e. The molecule has 5 N–H and O–H groups in total. The summed E-state index contributed by atoms with van der Waals surface area (Å²) in [6.07, 6.45) is -2.40. The first kappa shape index (κ1) is 42.3. The number of ether oxygens (including phenoxy) is 2. The first-order valence-electron chi connectivity index (χ1n) is 17.5. The molecule has 5 rings (SSSR count). The van der Waals surface area contributed by atoms with Crippen LogP contribution in [0.3, 0.4) is 0 Å². The number of halogens is 1. The zero-order valence-corrected chi connectivity index (χ0v) is 32.3. The maximum Gasteiger partial charge on any atom is 0.474 e. The fourth-order valence-corrected chi connectivity index (χ4v) is 7.91. The number of esters is 1. The first-order chi connectivity index (χ1) is 26.2. The molecule has 1 saturated heterocycles. The van der Waals surface area contributed by atoms with Crippen molar-refractivity contribution in [2.75, 3.05) is 19.9 Å². The Bertz CT molecular complexity index is 2040. The van der Waals surface area contributed by atoms with Crippen molar-refractivity contribution in [3.63, 3.8) is 0 Å². The van der Waals surface area contributed by atoms with E-state index >= 15 is 0 Å². The molecule has 1 aliphatic rings. The number of phosphoric acid groups is 1. The SMILES string of the molecule is CCC(CC)COC(=O)[C@H](C)NP(=O)(OC[C@@]1(CF)O[C@@H](c2ccc3c(=N)n(COP(=O)(O)OCc4ccccc4)cnn23)[C@H](O)[C@@H]1O)Oc1ccccc1. The van der Waals surface area contributed by atoms with E-state index in [0.29, 0.717) is 5.56 Å². The Morgan fingerprint density at radius 3 is 2.36 bits per heavy atom.